The number of hydrogen-bond donors (Lipinski definition) is 3. The summed E-state index contributed by atoms with van der Waals surface area (Å²) in [6, 6.07) is 7.84. The topological polar surface area (TPSA) is 103 Å². The molecule has 0 radical (unpaired) electrons. The van der Waals surface area contributed by atoms with Crippen LogP contribution in [0.25, 0.3) is 11.1 Å². The summed E-state index contributed by atoms with van der Waals surface area (Å²) in [4.78, 5) is 7.99. The quantitative estimate of drug-likeness (QED) is 0.347. The maximum absolute atomic E-state index is 6.29. The van der Waals surface area contributed by atoms with E-state index < -0.39 is 0 Å². The lowest BCUT2D eigenvalue weighted by Gasteiger charge is -2.14. The van der Waals surface area contributed by atoms with Gasteiger partial charge >= 0.3 is 0 Å². The number of hydrogen-bond acceptors (Lipinski definition) is 3. The Hall–Kier alpha value is -2.47. The van der Waals surface area contributed by atoms with Crippen molar-refractivity contribution in [3.8, 4) is 11.1 Å². The predicted molar refractivity (Wildman–Crippen MR) is 95.6 cm³/mol. The molecular weight excluding hydrogens is 294 g/mol. The minimum absolute atomic E-state index is 0.0109. The first-order valence-corrected chi connectivity index (χ1v) is 7.40. The van der Waals surface area contributed by atoms with Crippen LogP contribution in [0, 0.1) is 0 Å². The van der Waals surface area contributed by atoms with Gasteiger partial charge in [0.25, 0.3) is 0 Å². The van der Waals surface area contributed by atoms with Gasteiger partial charge in [0.15, 0.2) is 5.11 Å². The average Bonchev–Trinajstić information content (AvgIpc) is 2.49. The molecule has 22 heavy (non-hydrogen) atoms. The second-order valence-electron chi connectivity index (χ2n) is 4.93. The van der Waals surface area contributed by atoms with Crippen LogP contribution in [0.4, 0.5) is 5.69 Å². The van der Waals surface area contributed by atoms with Crippen LogP contribution >= 0.6 is 12.2 Å². The van der Waals surface area contributed by atoms with Crippen molar-refractivity contribution >= 4 is 28.9 Å². The molecule has 0 spiro atoms. The van der Waals surface area contributed by atoms with Crippen molar-refractivity contribution in [3.63, 3.8) is 0 Å². The van der Waals surface area contributed by atoms with Crippen LogP contribution in [0.1, 0.15) is 24.5 Å². The third-order valence-electron chi connectivity index (χ3n) is 3.28. The number of rotatable bonds is 4. The van der Waals surface area contributed by atoms with E-state index >= 15 is 0 Å². The van der Waals surface area contributed by atoms with Gasteiger partial charge in [0.2, 0.25) is 0 Å². The molecule has 5 nitrogen and oxygen atoms in total. The summed E-state index contributed by atoms with van der Waals surface area (Å²) >= 11 is 4.79. The van der Waals surface area contributed by atoms with Gasteiger partial charge in [0, 0.05) is 23.5 Å². The lowest BCUT2D eigenvalue weighted by molar-refractivity contribution is 0.922. The van der Waals surface area contributed by atoms with Gasteiger partial charge in [-0.2, -0.15) is 0 Å². The fraction of sp³-hybridized carbons (Fsp3) is 0.188. The number of aryl methyl sites for hydroxylation is 1. The van der Waals surface area contributed by atoms with Crippen molar-refractivity contribution in [1.82, 2.24) is 4.98 Å². The van der Waals surface area contributed by atoms with E-state index in [-0.39, 0.29) is 10.9 Å². The molecule has 0 fully saturated rings. The van der Waals surface area contributed by atoms with Crippen molar-refractivity contribution in [3.05, 3.63) is 47.8 Å². The van der Waals surface area contributed by atoms with Gasteiger partial charge in [0.05, 0.1) is 5.69 Å². The largest absolute Gasteiger partial charge is 0.398 e. The lowest BCUT2D eigenvalue weighted by Crippen LogP contribution is -2.20. The number of nitrogens with two attached hydrogens (primary N) is 3. The summed E-state index contributed by atoms with van der Waals surface area (Å²) in [5.74, 6) is 0.234. The maximum atomic E-state index is 6.29. The number of amidine groups is 1. The summed E-state index contributed by atoms with van der Waals surface area (Å²) in [7, 11) is 0. The fourth-order valence-electron chi connectivity index (χ4n) is 2.31. The van der Waals surface area contributed by atoms with Gasteiger partial charge < -0.3 is 17.2 Å². The maximum Gasteiger partial charge on any atom is 0.192 e. The van der Waals surface area contributed by atoms with E-state index in [0.29, 0.717) is 11.3 Å². The van der Waals surface area contributed by atoms with Crippen molar-refractivity contribution in [2.24, 2.45) is 16.5 Å². The van der Waals surface area contributed by atoms with Crippen LogP contribution in [0.15, 0.2) is 41.7 Å². The minimum atomic E-state index is -0.0109. The molecule has 1 aromatic carbocycles. The third-order valence-corrected chi connectivity index (χ3v) is 3.37. The van der Waals surface area contributed by atoms with E-state index in [2.05, 4.69) is 23.0 Å². The van der Waals surface area contributed by atoms with Crippen LogP contribution in [0.2, 0.25) is 0 Å². The molecule has 1 heterocycles. The summed E-state index contributed by atoms with van der Waals surface area (Å²) in [6.45, 7) is 2.12. The standard InChI is InChI=1S/C16H19N5S/c1-2-3-10-8-12(11-4-6-20-7-5-11)14(17)13(9-10)15(18)21-16(19)22/h4-9H,2-3,17H2,1H3,(H4,18,19,21,22). The van der Waals surface area contributed by atoms with Gasteiger partial charge in [-0.05, 0) is 54.0 Å². The summed E-state index contributed by atoms with van der Waals surface area (Å²) < 4.78 is 0. The first-order chi connectivity index (χ1) is 10.5. The van der Waals surface area contributed by atoms with Gasteiger partial charge in [-0.15, -0.1) is 0 Å². The smallest absolute Gasteiger partial charge is 0.192 e. The molecule has 0 unspecified atom stereocenters. The zero-order valence-electron chi connectivity index (χ0n) is 12.4. The molecule has 0 amide bonds. The normalized spacial score (nSPS) is 11.4. The van der Waals surface area contributed by atoms with Crippen molar-refractivity contribution in [2.75, 3.05) is 5.73 Å². The highest BCUT2D eigenvalue weighted by Crippen LogP contribution is 2.30. The third kappa shape index (κ3) is 3.59. The number of aliphatic imine (C=N–C) groups is 1. The second-order valence-corrected chi connectivity index (χ2v) is 5.34. The second kappa shape index (κ2) is 7.00. The molecule has 0 aliphatic carbocycles. The lowest BCUT2D eigenvalue weighted by atomic mass is 9.95. The highest BCUT2D eigenvalue weighted by atomic mass is 32.1. The van der Waals surface area contributed by atoms with Crippen molar-refractivity contribution in [2.45, 2.75) is 19.8 Å². The average molecular weight is 313 g/mol. The van der Waals surface area contributed by atoms with Crippen LogP contribution in [-0.2, 0) is 6.42 Å². The zero-order chi connectivity index (χ0) is 16.1. The molecule has 114 valence electrons. The van der Waals surface area contributed by atoms with E-state index in [1.54, 1.807) is 12.4 Å². The molecule has 6 N–H and O–H groups in total. The molecule has 1 aromatic heterocycles. The first kappa shape index (κ1) is 15.9. The molecule has 0 saturated heterocycles. The van der Waals surface area contributed by atoms with Crippen molar-refractivity contribution < 1.29 is 0 Å². The Kier molecular flexibility index (Phi) is 5.06. The fourth-order valence-corrected chi connectivity index (χ4v) is 2.41. The van der Waals surface area contributed by atoms with E-state index in [0.717, 1.165) is 29.5 Å². The molecule has 0 aliphatic heterocycles. The van der Waals surface area contributed by atoms with Crippen LogP contribution in [0.5, 0.6) is 0 Å². The van der Waals surface area contributed by atoms with Crippen molar-refractivity contribution in [1.29, 1.82) is 0 Å². The van der Waals surface area contributed by atoms with Gasteiger partial charge in [-0.25, -0.2) is 4.99 Å². The Morgan fingerprint density at radius 1 is 1.23 bits per heavy atom. The monoisotopic (exact) mass is 313 g/mol. The number of thiocarbonyl (C=S) groups is 1. The van der Waals surface area contributed by atoms with Crippen LogP contribution in [0.3, 0.4) is 0 Å². The number of nitrogen functional groups attached to an aromatic ring is 1. The molecule has 2 rings (SSSR count). The summed E-state index contributed by atoms with van der Waals surface area (Å²) in [5, 5.41) is -0.0109. The van der Waals surface area contributed by atoms with Gasteiger partial charge in [0.1, 0.15) is 5.84 Å². The van der Waals surface area contributed by atoms with Gasteiger partial charge in [-0.3, -0.25) is 4.98 Å². The molecule has 0 atom stereocenters. The number of pyridine rings is 1. The number of nitrogens with zero attached hydrogens (tertiary/aromatic N) is 2. The highest BCUT2D eigenvalue weighted by Gasteiger charge is 2.13. The summed E-state index contributed by atoms with van der Waals surface area (Å²) in [5.41, 5.74) is 22.0. The molecule has 2 aromatic rings. The Labute approximate surface area is 135 Å². The van der Waals surface area contributed by atoms with E-state index in [9.17, 15) is 0 Å². The Bertz CT molecular complexity index is 710. The summed E-state index contributed by atoms with van der Waals surface area (Å²) in [6.07, 6.45) is 5.40. The minimum Gasteiger partial charge on any atom is -0.398 e. The molecule has 0 saturated carbocycles. The highest BCUT2D eigenvalue weighted by molar-refractivity contribution is 7.80. The molecule has 6 heteroatoms. The number of anilines is 1. The molecular formula is C16H19N5S. The molecule has 0 bridgehead atoms. The van der Waals surface area contributed by atoms with E-state index in [4.69, 9.17) is 29.4 Å². The number of benzene rings is 1. The predicted octanol–water partition coefficient (Wildman–Crippen LogP) is 2.23. The Morgan fingerprint density at radius 2 is 1.91 bits per heavy atom. The van der Waals surface area contributed by atoms with Crippen LogP contribution in [-0.4, -0.2) is 15.9 Å². The Morgan fingerprint density at radius 3 is 2.50 bits per heavy atom. The zero-order valence-corrected chi connectivity index (χ0v) is 13.2. The SMILES string of the molecule is CCCc1cc(/C(N)=N/C(N)=S)c(N)c(-c2ccncc2)c1. The molecule has 0 aliphatic rings. The van der Waals surface area contributed by atoms with Gasteiger partial charge in [-0.1, -0.05) is 13.3 Å². The van der Waals surface area contributed by atoms with Crippen LogP contribution < -0.4 is 17.2 Å². The van der Waals surface area contributed by atoms with E-state index in [1.807, 2.05) is 18.2 Å². The first-order valence-electron chi connectivity index (χ1n) is 6.99. The number of aromatic nitrogens is 1. The Balaban J connectivity index is 2.64. The van der Waals surface area contributed by atoms with E-state index in [1.165, 1.54) is 0 Å².